The van der Waals surface area contributed by atoms with Crippen LogP contribution in [-0.4, -0.2) is 52.0 Å². The summed E-state index contributed by atoms with van der Waals surface area (Å²) < 4.78 is 94.7. The highest BCUT2D eigenvalue weighted by Gasteiger charge is 2.58. The maximum Gasteiger partial charge on any atom is 0.456 e. The molecule has 1 fully saturated rings. The molecule has 3 aromatic heterocycles. The number of halogens is 5. The third-order valence-corrected chi connectivity index (χ3v) is 6.87. The zero-order valence-corrected chi connectivity index (χ0v) is 17.8. The Kier molecular flexibility index (Phi) is 5.46. The molecule has 3 heterocycles. The predicted octanol–water partition coefficient (Wildman–Crippen LogP) is 3.13. The Morgan fingerprint density at radius 1 is 1.18 bits per heavy atom. The van der Waals surface area contributed by atoms with Crippen LogP contribution in [0.2, 0.25) is 0 Å². The molecule has 1 saturated carbocycles. The minimum Gasteiger partial charge on any atom is -0.485 e. The van der Waals surface area contributed by atoms with Gasteiger partial charge in [0.05, 0.1) is 11.9 Å². The molecule has 0 saturated heterocycles. The fourth-order valence-electron chi connectivity index (χ4n) is 3.07. The van der Waals surface area contributed by atoms with Gasteiger partial charge in [0.15, 0.2) is 27.9 Å². The fraction of sp³-hybridized carbons (Fsp3) is 0.421. The number of hydrogen-bond donors (Lipinski definition) is 0. The Morgan fingerprint density at radius 2 is 1.88 bits per heavy atom. The van der Waals surface area contributed by atoms with Crippen LogP contribution < -0.4 is 10.4 Å². The van der Waals surface area contributed by atoms with Crippen molar-refractivity contribution in [3.05, 3.63) is 46.6 Å². The summed E-state index contributed by atoms with van der Waals surface area (Å²) in [4.78, 5) is 16.9. The molecule has 0 N–H and O–H groups in total. The van der Waals surface area contributed by atoms with Crippen molar-refractivity contribution in [1.82, 2.24) is 19.2 Å². The van der Waals surface area contributed by atoms with E-state index in [0.717, 1.165) is 45.8 Å². The van der Waals surface area contributed by atoms with E-state index in [2.05, 4.69) is 14.8 Å². The van der Waals surface area contributed by atoms with E-state index in [1.165, 1.54) is 19.2 Å². The van der Waals surface area contributed by atoms with Crippen LogP contribution in [0.5, 0.6) is 5.75 Å². The van der Waals surface area contributed by atoms with Gasteiger partial charge in [-0.1, -0.05) is 6.92 Å². The molecular formula is C19H17F5N4O4S. The topological polar surface area (TPSA) is 95.6 Å². The first-order valence-corrected chi connectivity index (χ1v) is 11.4. The van der Waals surface area contributed by atoms with Gasteiger partial charge in [0.1, 0.15) is 10.6 Å². The molecule has 4 rings (SSSR count). The predicted molar refractivity (Wildman–Crippen MR) is 105 cm³/mol. The second-order valence-electron chi connectivity index (χ2n) is 7.55. The summed E-state index contributed by atoms with van der Waals surface area (Å²) in [6.45, 7) is -0.538. The smallest absolute Gasteiger partial charge is 0.456 e. The molecule has 3 aromatic rings. The van der Waals surface area contributed by atoms with Gasteiger partial charge in [0.2, 0.25) is 0 Å². The third kappa shape index (κ3) is 4.30. The van der Waals surface area contributed by atoms with Crippen LogP contribution in [0.4, 0.5) is 22.0 Å². The van der Waals surface area contributed by atoms with E-state index in [-0.39, 0.29) is 28.0 Å². The number of pyridine rings is 2. The number of rotatable bonds is 7. The van der Waals surface area contributed by atoms with Gasteiger partial charge in [-0.25, -0.2) is 22.6 Å². The molecule has 0 spiro atoms. The van der Waals surface area contributed by atoms with Crippen LogP contribution in [0.15, 0.2) is 40.3 Å². The highest BCUT2D eigenvalue weighted by molar-refractivity contribution is 7.91. The molecule has 0 aromatic carbocycles. The van der Waals surface area contributed by atoms with Crippen LogP contribution in [0.3, 0.4) is 0 Å². The standard InChI is InChI=1S/C19H17F5N4O4S/c1-2-33(30,31)14-7-12(11-3-4-11)8-25-16(14)28-17(29)27-9-13(5-6-15(27)26-28)32-10-18(20,21)19(22,23)24/h5-9,11H,2-4,10H2,1H3. The average molecular weight is 492 g/mol. The van der Waals surface area contributed by atoms with Gasteiger partial charge in [0, 0.05) is 6.20 Å². The van der Waals surface area contributed by atoms with Crippen molar-refractivity contribution in [2.24, 2.45) is 0 Å². The van der Waals surface area contributed by atoms with Crippen LogP contribution >= 0.6 is 0 Å². The van der Waals surface area contributed by atoms with E-state index in [9.17, 15) is 35.2 Å². The first-order chi connectivity index (χ1) is 15.3. The van der Waals surface area contributed by atoms with Crippen molar-refractivity contribution in [2.75, 3.05) is 12.4 Å². The zero-order valence-electron chi connectivity index (χ0n) is 17.0. The van der Waals surface area contributed by atoms with Crippen molar-refractivity contribution in [2.45, 2.75) is 42.7 Å². The van der Waals surface area contributed by atoms with E-state index in [4.69, 9.17) is 0 Å². The van der Waals surface area contributed by atoms with Crippen LogP contribution in [0.25, 0.3) is 11.5 Å². The Morgan fingerprint density at radius 3 is 2.48 bits per heavy atom. The molecule has 1 aliphatic rings. The number of aromatic nitrogens is 4. The molecule has 0 aliphatic heterocycles. The summed E-state index contributed by atoms with van der Waals surface area (Å²) in [5.41, 5.74) is -0.205. The van der Waals surface area contributed by atoms with E-state index in [1.807, 2.05) is 0 Å². The minimum atomic E-state index is -5.79. The Bertz CT molecular complexity index is 1380. The number of ether oxygens (including phenoxy) is 1. The lowest BCUT2D eigenvalue weighted by molar-refractivity contribution is -0.290. The van der Waals surface area contributed by atoms with Crippen LogP contribution in [0, 0.1) is 0 Å². The molecular weight excluding hydrogens is 475 g/mol. The summed E-state index contributed by atoms with van der Waals surface area (Å²) in [7, 11) is -3.79. The molecule has 0 atom stereocenters. The van der Waals surface area contributed by atoms with Crippen molar-refractivity contribution in [1.29, 1.82) is 0 Å². The van der Waals surface area contributed by atoms with Crippen molar-refractivity contribution >= 4 is 15.5 Å². The lowest BCUT2D eigenvalue weighted by atomic mass is 10.2. The maximum atomic E-state index is 13.1. The van der Waals surface area contributed by atoms with Crippen LogP contribution in [0.1, 0.15) is 31.2 Å². The normalized spacial score (nSPS) is 15.2. The lowest BCUT2D eigenvalue weighted by Crippen LogP contribution is -2.41. The van der Waals surface area contributed by atoms with Gasteiger partial charge >= 0.3 is 17.8 Å². The highest BCUT2D eigenvalue weighted by atomic mass is 32.2. The SMILES string of the molecule is CCS(=O)(=O)c1cc(C2CC2)cnc1-n1nc2ccc(OCC(F)(F)C(F)(F)F)cn2c1=O. The van der Waals surface area contributed by atoms with Crippen molar-refractivity contribution in [3.63, 3.8) is 0 Å². The average Bonchev–Trinajstić information content (AvgIpc) is 3.55. The van der Waals surface area contributed by atoms with E-state index >= 15 is 0 Å². The van der Waals surface area contributed by atoms with Gasteiger partial charge in [0.25, 0.3) is 0 Å². The van der Waals surface area contributed by atoms with E-state index in [1.54, 1.807) is 0 Å². The summed E-state index contributed by atoms with van der Waals surface area (Å²) in [6, 6.07) is 3.68. The fourth-order valence-corrected chi connectivity index (χ4v) is 4.11. The van der Waals surface area contributed by atoms with Crippen molar-refractivity contribution < 1.29 is 35.1 Å². The largest absolute Gasteiger partial charge is 0.485 e. The Balaban J connectivity index is 1.75. The molecule has 1 aliphatic carbocycles. The summed E-state index contributed by atoms with van der Waals surface area (Å²) >= 11 is 0. The van der Waals surface area contributed by atoms with E-state index < -0.39 is 40.0 Å². The first kappa shape index (κ1) is 23.1. The number of sulfone groups is 1. The van der Waals surface area contributed by atoms with Gasteiger partial charge in [-0.3, -0.25) is 0 Å². The quantitative estimate of drug-likeness (QED) is 0.471. The molecule has 0 unspecified atom stereocenters. The number of hydrogen-bond acceptors (Lipinski definition) is 6. The van der Waals surface area contributed by atoms with Gasteiger partial charge in [-0.05, 0) is 42.5 Å². The molecule has 0 amide bonds. The molecule has 33 heavy (non-hydrogen) atoms. The first-order valence-electron chi connectivity index (χ1n) is 9.76. The highest BCUT2D eigenvalue weighted by Crippen LogP contribution is 2.41. The molecule has 14 heteroatoms. The van der Waals surface area contributed by atoms with Gasteiger partial charge < -0.3 is 4.74 Å². The zero-order chi connectivity index (χ0) is 24.2. The van der Waals surface area contributed by atoms with Gasteiger partial charge in [-0.15, -0.1) is 5.10 Å². The third-order valence-electron chi connectivity index (χ3n) is 5.14. The molecule has 0 radical (unpaired) electrons. The van der Waals surface area contributed by atoms with Gasteiger partial charge in [-0.2, -0.15) is 26.6 Å². The molecule has 178 valence electrons. The molecule has 0 bridgehead atoms. The number of fused-ring (bicyclic) bond motifs is 1. The summed E-state index contributed by atoms with van der Waals surface area (Å²) in [6.07, 6.45) is -1.64. The van der Waals surface area contributed by atoms with Crippen molar-refractivity contribution in [3.8, 4) is 11.6 Å². The Hall–Kier alpha value is -3.03. The summed E-state index contributed by atoms with van der Waals surface area (Å²) in [5.74, 6) is -5.81. The van der Waals surface area contributed by atoms with E-state index in [0.29, 0.717) is 0 Å². The second kappa shape index (κ2) is 7.78. The monoisotopic (exact) mass is 492 g/mol. The number of alkyl halides is 5. The second-order valence-corrected chi connectivity index (χ2v) is 9.79. The number of nitrogens with zero attached hydrogens (tertiary/aromatic N) is 4. The molecule has 8 nitrogen and oxygen atoms in total. The Labute approximate surface area is 183 Å². The minimum absolute atomic E-state index is 0.0251. The van der Waals surface area contributed by atoms with Crippen LogP contribution in [-0.2, 0) is 9.84 Å². The lowest BCUT2D eigenvalue weighted by Gasteiger charge is -2.19. The summed E-state index contributed by atoms with van der Waals surface area (Å²) in [5, 5.41) is 4.03. The maximum absolute atomic E-state index is 13.1.